The van der Waals surface area contributed by atoms with Gasteiger partial charge in [-0.3, -0.25) is 5.32 Å². The number of anilines is 1. The maximum Gasteiger partial charge on any atom is 0.411 e. The molecule has 0 saturated heterocycles. The predicted molar refractivity (Wildman–Crippen MR) is 104 cm³/mol. The first-order valence-corrected chi connectivity index (χ1v) is 8.54. The van der Waals surface area contributed by atoms with Crippen LogP contribution in [0.2, 0.25) is 5.02 Å². The zero-order valence-corrected chi connectivity index (χ0v) is 15.8. The van der Waals surface area contributed by atoms with E-state index in [1.54, 1.807) is 25.3 Å². The van der Waals surface area contributed by atoms with E-state index in [0.29, 0.717) is 22.2 Å². The summed E-state index contributed by atoms with van der Waals surface area (Å²) in [6.45, 7) is 4.13. The van der Waals surface area contributed by atoms with E-state index >= 15 is 0 Å². The van der Waals surface area contributed by atoms with Crippen molar-refractivity contribution in [1.29, 1.82) is 0 Å². The molecule has 138 valence electrons. The van der Waals surface area contributed by atoms with E-state index in [-0.39, 0.29) is 13.2 Å². The Morgan fingerprint density at radius 1 is 1.15 bits per heavy atom. The van der Waals surface area contributed by atoms with Gasteiger partial charge in [0.1, 0.15) is 13.2 Å². The maximum absolute atomic E-state index is 11.8. The van der Waals surface area contributed by atoms with Crippen LogP contribution in [0.1, 0.15) is 18.1 Å². The Hall–Kier alpha value is -2.66. The molecule has 0 radical (unpaired) electrons. The molecule has 6 heteroatoms. The number of aryl methyl sites for hydroxylation is 1. The van der Waals surface area contributed by atoms with Gasteiger partial charge in [0.15, 0.2) is 11.5 Å². The topological polar surface area (TPSA) is 56.8 Å². The van der Waals surface area contributed by atoms with Crippen molar-refractivity contribution in [3.05, 3.63) is 58.6 Å². The second kappa shape index (κ2) is 9.73. The quantitative estimate of drug-likeness (QED) is 0.665. The molecule has 0 heterocycles. The molecular formula is C20H22ClNO4. The molecule has 1 amide bonds. The standard InChI is InChI=1S/C20H22ClNO4/c1-4-5-15-6-9-18(19(13-15)24-3)25-10-11-26-20(23)22-17-8-7-16(21)12-14(17)2/h4-9,12-13H,10-11H2,1-3H3,(H,22,23). The minimum atomic E-state index is -0.547. The summed E-state index contributed by atoms with van der Waals surface area (Å²) in [5, 5.41) is 3.29. The van der Waals surface area contributed by atoms with Gasteiger partial charge < -0.3 is 14.2 Å². The number of methoxy groups -OCH3 is 1. The first-order chi connectivity index (χ1) is 12.5. The van der Waals surface area contributed by atoms with E-state index < -0.39 is 6.09 Å². The van der Waals surface area contributed by atoms with E-state index in [2.05, 4.69) is 5.32 Å². The fourth-order valence-corrected chi connectivity index (χ4v) is 2.53. The van der Waals surface area contributed by atoms with Crippen molar-refractivity contribution >= 4 is 29.5 Å². The second-order valence-electron chi connectivity index (χ2n) is 5.48. The third-order valence-corrected chi connectivity index (χ3v) is 3.78. The summed E-state index contributed by atoms with van der Waals surface area (Å²) in [6.07, 6.45) is 3.37. The Balaban J connectivity index is 1.82. The Morgan fingerprint density at radius 2 is 1.96 bits per heavy atom. The lowest BCUT2D eigenvalue weighted by Crippen LogP contribution is -2.18. The highest BCUT2D eigenvalue weighted by molar-refractivity contribution is 6.30. The van der Waals surface area contributed by atoms with Crippen molar-refractivity contribution in [3.8, 4) is 11.5 Å². The fourth-order valence-electron chi connectivity index (χ4n) is 2.30. The van der Waals surface area contributed by atoms with Crippen LogP contribution >= 0.6 is 11.6 Å². The molecule has 2 aromatic rings. The van der Waals surface area contributed by atoms with Gasteiger partial charge in [-0.25, -0.2) is 4.79 Å². The van der Waals surface area contributed by atoms with Gasteiger partial charge in [-0.05, 0) is 55.3 Å². The molecule has 0 saturated carbocycles. The molecule has 0 unspecified atom stereocenters. The maximum atomic E-state index is 11.8. The second-order valence-corrected chi connectivity index (χ2v) is 5.92. The molecular weight excluding hydrogens is 354 g/mol. The number of carbonyl (C=O) groups excluding carboxylic acids is 1. The number of hydrogen-bond donors (Lipinski definition) is 1. The van der Waals surface area contributed by atoms with Gasteiger partial charge in [0, 0.05) is 10.7 Å². The van der Waals surface area contributed by atoms with Crippen LogP contribution in [-0.4, -0.2) is 26.4 Å². The largest absolute Gasteiger partial charge is 0.493 e. The van der Waals surface area contributed by atoms with Gasteiger partial charge in [0.2, 0.25) is 0 Å². The normalized spacial score (nSPS) is 10.6. The van der Waals surface area contributed by atoms with Gasteiger partial charge in [0.25, 0.3) is 0 Å². The van der Waals surface area contributed by atoms with Crippen LogP contribution in [0.15, 0.2) is 42.5 Å². The first kappa shape index (κ1) is 19.7. The molecule has 0 bridgehead atoms. The van der Waals surface area contributed by atoms with Crippen LogP contribution in [0.3, 0.4) is 0 Å². The van der Waals surface area contributed by atoms with Crippen LogP contribution in [-0.2, 0) is 4.74 Å². The summed E-state index contributed by atoms with van der Waals surface area (Å²) in [5.74, 6) is 1.22. The van der Waals surface area contributed by atoms with Gasteiger partial charge in [-0.15, -0.1) is 0 Å². The van der Waals surface area contributed by atoms with Gasteiger partial charge in [0.05, 0.1) is 7.11 Å². The van der Waals surface area contributed by atoms with Gasteiger partial charge in [-0.2, -0.15) is 0 Å². The highest BCUT2D eigenvalue weighted by atomic mass is 35.5. The van der Waals surface area contributed by atoms with Crippen LogP contribution in [0.4, 0.5) is 10.5 Å². The molecule has 0 fully saturated rings. The van der Waals surface area contributed by atoms with E-state index in [4.69, 9.17) is 25.8 Å². The highest BCUT2D eigenvalue weighted by Gasteiger charge is 2.08. The number of rotatable bonds is 7. The van der Waals surface area contributed by atoms with Crippen molar-refractivity contribution in [2.75, 3.05) is 25.6 Å². The number of halogens is 1. The predicted octanol–water partition coefficient (Wildman–Crippen LogP) is 5.32. The van der Waals surface area contributed by atoms with E-state index in [1.807, 2.05) is 44.2 Å². The Bertz CT molecular complexity index is 789. The minimum Gasteiger partial charge on any atom is -0.493 e. The molecule has 26 heavy (non-hydrogen) atoms. The van der Waals surface area contributed by atoms with Crippen molar-refractivity contribution in [2.24, 2.45) is 0 Å². The van der Waals surface area contributed by atoms with Crippen molar-refractivity contribution in [1.82, 2.24) is 0 Å². The Labute approximate surface area is 158 Å². The summed E-state index contributed by atoms with van der Waals surface area (Å²) in [4.78, 5) is 11.8. The molecule has 5 nitrogen and oxygen atoms in total. The first-order valence-electron chi connectivity index (χ1n) is 8.17. The summed E-state index contributed by atoms with van der Waals surface area (Å²) in [7, 11) is 1.58. The third kappa shape index (κ3) is 5.70. The molecule has 0 aromatic heterocycles. The molecule has 0 aliphatic heterocycles. The van der Waals surface area contributed by atoms with E-state index in [9.17, 15) is 4.79 Å². The lowest BCUT2D eigenvalue weighted by Gasteiger charge is -2.12. The van der Waals surface area contributed by atoms with Gasteiger partial charge >= 0.3 is 6.09 Å². The number of ether oxygens (including phenoxy) is 3. The minimum absolute atomic E-state index is 0.109. The van der Waals surface area contributed by atoms with Crippen molar-refractivity contribution in [2.45, 2.75) is 13.8 Å². The summed E-state index contributed by atoms with van der Waals surface area (Å²) < 4.78 is 16.1. The van der Waals surface area contributed by atoms with Crippen LogP contribution in [0, 0.1) is 6.92 Å². The molecule has 0 atom stereocenters. The number of benzene rings is 2. The van der Waals surface area contributed by atoms with E-state index in [1.165, 1.54) is 0 Å². The number of hydrogen-bond acceptors (Lipinski definition) is 4. The van der Waals surface area contributed by atoms with Crippen molar-refractivity contribution < 1.29 is 19.0 Å². The number of allylic oxidation sites excluding steroid dienone is 1. The molecule has 0 spiro atoms. The zero-order chi connectivity index (χ0) is 18.9. The molecule has 2 aromatic carbocycles. The smallest absolute Gasteiger partial charge is 0.411 e. The van der Waals surface area contributed by atoms with E-state index in [0.717, 1.165) is 11.1 Å². The van der Waals surface area contributed by atoms with Crippen LogP contribution in [0.5, 0.6) is 11.5 Å². The van der Waals surface area contributed by atoms with Crippen LogP contribution < -0.4 is 14.8 Å². The number of amides is 1. The average molecular weight is 376 g/mol. The van der Waals surface area contributed by atoms with Gasteiger partial charge in [-0.1, -0.05) is 29.8 Å². The molecule has 0 aliphatic rings. The summed E-state index contributed by atoms with van der Waals surface area (Å²) in [5.41, 5.74) is 2.53. The molecule has 0 aliphatic carbocycles. The van der Waals surface area contributed by atoms with Crippen LogP contribution in [0.25, 0.3) is 6.08 Å². The molecule has 2 rings (SSSR count). The lowest BCUT2D eigenvalue weighted by molar-refractivity contribution is 0.136. The summed E-state index contributed by atoms with van der Waals surface area (Å²) >= 11 is 5.89. The fraction of sp³-hybridized carbons (Fsp3) is 0.250. The third-order valence-electron chi connectivity index (χ3n) is 3.55. The number of carbonyl (C=O) groups is 1. The molecule has 1 N–H and O–H groups in total. The Kier molecular flexibility index (Phi) is 7.36. The zero-order valence-electron chi connectivity index (χ0n) is 15.0. The van der Waals surface area contributed by atoms with Crippen molar-refractivity contribution in [3.63, 3.8) is 0 Å². The monoisotopic (exact) mass is 375 g/mol. The highest BCUT2D eigenvalue weighted by Crippen LogP contribution is 2.28. The number of nitrogens with one attached hydrogen (secondary N) is 1. The lowest BCUT2D eigenvalue weighted by atomic mass is 10.2. The SMILES string of the molecule is CC=Cc1ccc(OCCOC(=O)Nc2ccc(Cl)cc2C)c(OC)c1. The summed E-state index contributed by atoms with van der Waals surface area (Å²) in [6, 6.07) is 10.8. The average Bonchev–Trinajstić information content (AvgIpc) is 2.62. The Morgan fingerprint density at radius 3 is 2.65 bits per heavy atom.